The number of aromatic nitrogens is 1. The van der Waals surface area contributed by atoms with Gasteiger partial charge in [0.15, 0.2) is 5.78 Å². The fourth-order valence-electron chi connectivity index (χ4n) is 3.13. The molecule has 9 heteroatoms. The van der Waals surface area contributed by atoms with Gasteiger partial charge < -0.3 is 10.5 Å². The highest BCUT2D eigenvalue weighted by atomic mass is 32.1. The van der Waals surface area contributed by atoms with Gasteiger partial charge in [-0.25, -0.2) is 0 Å². The SMILES string of the molecule is Nc1sc2c(ccc(=O)n2-c2ccccc2)c1C(=O)c1cccc(OC(F)(F)F)c1. The summed E-state index contributed by atoms with van der Waals surface area (Å²) in [5.74, 6) is -1.07. The van der Waals surface area contributed by atoms with E-state index in [-0.39, 0.29) is 21.7 Å². The Kier molecular flexibility index (Phi) is 4.83. The summed E-state index contributed by atoms with van der Waals surface area (Å²) >= 11 is 1.06. The minimum absolute atomic E-state index is 0.0133. The van der Waals surface area contributed by atoms with E-state index in [1.165, 1.54) is 28.8 Å². The van der Waals surface area contributed by atoms with Crippen LogP contribution in [0.1, 0.15) is 15.9 Å². The molecule has 0 saturated carbocycles. The molecule has 2 aromatic carbocycles. The Morgan fingerprint density at radius 2 is 1.73 bits per heavy atom. The Morgan fingerprint density at radius 3 is 2.43 bits per heavy atom. The minimum atomic E-state index is -4.87. The first-order chi connectivity index (χ1) is 14.2. The molecule has 30 heavy (non-hydrogen) atoms. The highest BCUT2D eigenvalue weighted by Crippen LogP contribution is 2.36. The number of ketones is 1. The van der Waals surface area contributed by atoms with Gasteiger partial charge in [-0.2, -0.15) is 0 Å². The van der Waals surface area contributed by atoms with Crippen LogP contribution in [0.2, 0.25) is 0 Å². The predicted molar refractivity (Wildman–Crippen MR) is 108 cm³/mol. The van der Waals surface area contributed by atoms with Crippen molar-refractivity contribution >= 4 is 32.3 Å². The maximum Gasteiger partial charge on any atom is 0.573 e. The van der Waals surface area contributed by atoms with Gasteiger partial charge in [-0.05, 0) is 30.3 Å². The van der Waals surface area contributed by atoms with Crippen molar-refractivity contribution in [1.82, 2.24) is 4.57 Å². The number of nitrogens with zero attached hydrogens (tertiary/aromatic N) is 1. The van der Waals surface area contributed by atoms with Gasteiger partial charge in [0.25, 0.3) is 5.56 Å². The number of ether oxygens (including phenoxy) is 1. The Morgan fingerprint density at radius 1 is 1.00 bits per heavy atom. The quantitative estimate of drug-likeness (QED) is 0.474. The molecule has 2 N–H and O–H groups in total. The molecule has 0 spiro atoms. The first-order valence-electron chi connectivity index (χ1n) is 8.64. The summed E-state index contributed by atoms with van der Waals surface area (Å²) in [6.45, 7) is 0. The number of pyridine rings is 1. The molecule has 5 nitrogen and oxygen atoms in total. The van der Waals surface area contributed by atoms with Crippen LogP contribution in [-0.2, 0) is 0 Å². The van der Waals surface area contributed by atoms with Crippen LogP contribution in [0.3, 0.4) is 0 Å². The van der Waals surface area contributed by atoms with Crippen molar-refractivity contribution in [3.8, 4) is 11.4 Å². The number of anilines is 1. The first kappa shape index (κ1) is 19.7. The Labute approximate surface area is 171 Å². The van der Waals surface area contributed by atoms with E-state index in [2.05, 4.69) is 4.74 Å². The smallest absolute Gasteiger partial charge is 0.406 e. The van der Waals surface area contributed by atoms with Gasteiger partial charge in [-0.3, -0.25) is 14.2 Å². The predicted octanol–water partition coefficient (Wildman–Crippen LogP) is 4.76. The molecule has 0 fully saturated rings. The maximum absolute atomic E-state index is 13.1. The number of para-hydroxylation sites is 1. The van der Waals surface area contributed by atoms with Crippen LogP contribution in [0.25, 0.3) is 15.9 Å². The minimum Gasteiger partial charge on any atom is -0.406 e. The number of carbonyl (C=O) groups is 1. The van der Waals surface area contributed by atoms with Crippen molar-refractivity contribution in [2.75, 3.05) is 5.73 Å². The number of nitrogens with two attached hydrogens (primary N) is 1. The zero-order valence-corrected chi connectivity index (χ0v) is 16.0. The number of rotatable bonds is 4. The number of fused-ring (bicyclic) bond motifs is 1. The summed E-state index contributed by atoms with van der Waals surface area (Å²) in [6.07, 6.45) is -4.87. The third-order valence-electron chi connectivity index (χ3n) is 4.34. The number of alkyl halides is 3. The van der Waals surface area contributed by atoms with Gasteiger partial charge >= 0.3 is 6.36 Å². The third-order valence-corrected chi connectivity index (χ3v) is 5.36. The standard InChI is InChI=1S/C21H13F3N2O3S/c22-21(23,24)29-14-8-4-5-12(11-14)18(28)17-15-9-10-16(27)26(20(15)30-19(17)25)13-6-2-1-3-7-13/h1-11H,25H2. The van der Waals surface area contributed by atoms with Crippen molar-refractivity contribution in [1.29, 1.82) is 0 Å². The molecule has 0 aliphatic heterocycles. The van der Waals surface area contributed by atoms with Gasteiger partial charge in [-0.15, -0.1) is 13.2 Å². The summed E-state index contributed by atoms with van der Waals surface area (Å²) in [4.78, 5) is 26.1. The molecule has 0 aliphatic rings. The average molecular weight is 430 g/mol. The van der Waals surface area contributed by atoms with E-state index in [1.807, 2.05) is 6.07 Å². The zero-order valence-electron chi connectivity index (χ0n) is 15.1. The molecule has 4 rings (SSSR count). The van der Waals surface area contributed by atoms with Gasteiger partial charge in [0.1, 0.15) is 10.6 Å². The number of thiophene rings is 1. The summed E-state index contributed by atoms with van der Waals surface area (Å²) in [6, 6.07) is 16.4. The summed E-state index contributed by atoms with van der Waals surface area (Å²) in [5.41, 5.74) is 6.52. The second-order valence-electron chi connectivity index (χ2n) is 6.31. The van der Waals surface area contributed by atoms with Crippen molar-refractivity contribution in [3.63, 3.8) is 0 Å². The summed E-state index contributed by atoms with van der Waals surface area (Å²) < 4.78 is 42.9. The van der Waals surface area contributed by atoms with E-state index in [9.17, 15) is 22.8 Å². The molecule has 0 atom stereocenters. The first-order valence-corrected chi connectivity index (χ1v) is 9.46. The molecule has 4 aromatic rings. The highest BCUT2D eigenvalue weighted by Gasteiger charge is 2.31. The van der Waals surface area contributed by atoms with Crippen molar-refractivity contribution in [2.24, 2.45) is 0 Å². The van der Waals surface area contributed by atoms with Crippen LogP contribution in [0.15, 0.2) is 71.5 Å². The molecule has 0 bridgehead atoms. The molecule has 0 amide bonds. The van der Waals surface area contributed by atoms with E-state index in [0.29, 0.717) is 15.9 Å². The van der Waals surface area contributed by atoms with Crippen LogP contribution in [0, 0.1) is 0 Å². The van der Waals surface area contributed by atoms with E-state index in [0.717, 1.165) is 23.5 Å². The van der Waals surface area contributed by atoms with Crippen LogP contribution in [0.5, 0.6) is 5.75 Å². The number of hydrogen-bond donors (Lipinski definition) is 1. The van der Waals surface area contributed by atoms with Crippen LogP contribution >= 0.6 is 11.3 Å². The van der Waals surface area contributed by atoms with Crippen molar-refractivity contribution in [2.45, 2.75) is 6.36 Å². The lowest BCUT2D eigenvalue weighted by atomic mass is 10.0. The molecule has 2 heterocycles. The number of halogens is 3. The molecular formula is C21H13F3N2O3S. The summed E-state index contributed by atoms with van der Waals surface area (Å²) in [5, 5.41) is 0.598. The van der Waals surface area contributed by atoms with Crippen molar-refractivity contribution < 1.29 is 22.7 Å². The van der Waals surface area contributed by atoms with E-state index >= 15 is 0 Å². The number of nitrogen functional groups attached to an aromatic ring is 1. The monoisotopic (exact) mass is 430 g/mol. The highest BCUT2D eigenvalue weighted by molar-refractivity contribution is 7.22. The molecule has 152 valence electrons. The molecule has 0 radical (unpaired) electrons. The van der Waals surface area contributed by atoms with Crippen LogP contribution < -0.4 is 16.0 Å². The fraction of sp³-hybridized carbons (Fsp3) is 0.0476. The summed E-state index contributed by atoms with van der Waals surface area (Å²) in [7, 11) is 0. The van der Waals surface area contributed by atoms with Gasteiger partial charge in [0.05, 0.1) is 16.3 Å². The Hall–Kier alpha value is -3.59. The lowest BCUT2D eigenvalue weighted by Gasteiger charge is -2.10. The second-order valence-corrected chi connectivity index (χ2v) is 7.34. The van der Waals surface area contributed by atoms with Gasteiger partial charge in [-0.1, -0.05) is 41.7 Å². The van der Waals surface area contributed by atoms with E-state index in [4.69, 9.17) is 5.73 Å². The number of carbonyl (C=O) groups excluding carboxylic acids is 1. The molecule has 0 saturated heterocycles. The molecule has 0 aliphatic carbocycles. The van der Waals surface area contributed by atoms with E-state index in [1.54, 1.807) is 24.3 Å². The Balaban J connectivity index is 1.85. The third kappa shape index (κ3) is 3.67. The second kappa shape index (κ2) is 7.34. The van der Waals surface area contributed by atoms with Crippen LogP contribution in [0.4, 0.5) is 18.2 Å². The molecule has 0 unspecified atom stereocenters. The number of benzene rings is 2. The van der Waals surface area contributed by atoms with Gasteiger partial charge in [0.2, 0.25) is 0 Å². The van der Waals surface area contributed by atoms with Crippen molar-refractivity contribution in [3.05, 3.63) is 88.2 Å². The maximum atomic E-state index is 13.1. The topological polar surface area (TPSA) is 74.3 Å². The Bertz CT molecular complexity index is 1310. The number of hydrogen-bond acceptors (Lipinski definition) is 5. The lowest BCUT2D eigenvalue weighted by Crippen LogP contribution is -2.17. The van der Waals surface area contributed by atoms with E-state index < -0.39 is 17.9 Å². The molecule has 2 aromatic heterocycles. The van der Waals surface area contributed by atoms with Crippen LogP contribution in [-0.4, -0.2) is 16.7 Å². The normalized spacial score (nSPS) is 11.6. The molecular weight excluding hydrogens is 417 g/mol. The average Bonchev–Trinajstić information content (AvgIpc) is 3.02. The largest absolute Gasteiger partial charge is 0.573 e. The van der Waals surface area contributed by atoms with Gasteiger partial charge in [0, 0.05) is 17.0 Å². The lowest BCUT2D eigenvalue weighted by molar-refractivity contribution is -0.274. The zero-order chi connectivity index (χ0) is 21.5. The fourth-order valence-corrected chi connectivity index (χ4v) is 4.21.